The van der Waals surface area contributed by atoms with Crippen LogP contribution in [-0.2, 0) is 9.53 Å². The van der Waals surface area contributed by atoms with Crippen LogP contribution in [0.5, 0.6) is 0 Å². The zero-order valence-corrected chi connectivity index (χ0v) is 11.8. The summed E-state index contributed by atoms with van der Waals surface area (Å²) >= 11 is 0. The highest BCUT2D eigenvalue weighted by Crippen LogP contribution is 2.11. The van der Waals surface area contributed by atoms with Gasteiger partial charge in [0.2, 0.25) is 0 Å². The van der Waals surface area contributed by atoms with Gasteiger partial charge in [-0.1, -0.05) is 20.3 Å². The lowest BCUT2D eigenvalue weighted by Crippen LogP contribution is -2.45. The minimum atomic E-state index is -0.410. The van der Waals surface area contributed by atoms with Gasteiger partial charge in [-0.2, -0.15) is 0 Å². The minimum absolute atomic E-state index is 0.178. The largest absolute Gasteiger partial charge is 0.459 e. The molecule has 0 fully saturated rings. The Kier molecular flexibility index (Phi) is 6.01. The quantitative estimate of drug-likeness (QED) is 0.737. The van der Waals surface area contributed by atoms with Gasteiger partial charge in [0.05, 0.1) is 0 Å². The van der Waals surface area contributed by atoms with Gasteiger partial charge < -0.3 is 10.1 Å². The van der Waals surface area contributed by atoms with E-state index in [-0.39, 0.29) is 12.0 Å². The summed E-state index contributed by atoms with van der Waals surface area (Å²) in [6, 6.07) is 0.0794. The van der Waals surface area contributed by atoms with Crippen LogP contribution < -0.4 is 5.32 Å². The number of ether oxygens (including phenoxy) is 1. The summed E-state index contributed by atoms with van der Waals surface area (Å²) in [5, 5.41) is 3.28. The number of hydrogen-bond donors (Lipinski definition) is 1. The fraction of sp³-hybridized carbons (Fsp3) is 0.923. The van der Waals surface area contributed by atoms with Crippen molar-refractivity contribution in [2.75, 3.05) is 0 Å². The average molecular weight is 229 g/mol. The monoisotopic (exact) mass is 229 g/mol. The first-order valence-corrected chi connectivity index (χ1v) is 6.16. The first-order chi connectivity index (χ1) is 7.17. The van der Waals surface area contributed by atoms with Gasteiger partial charge in [0, 0.05) is 6.04 Å². The van der Waals surface area contributed by atoms with Crippen molar-refractivity contribution in [1.82, 2.24) is 5.32 Å². The topological polar surface area (TPSA) is 38.3 Å². The summed E-state index contributed by atoms with van der Waals surface area (Å²) in [5.41, 5.74) is -0.410. The molecule has 0 bridgehead atoms. The van der Waals surface area contributed by atoms with Crippen LogP contribution in [0.2, 0.25) is 0 Å². The Morgan fingerprint density at radius 2 is 1.75 bits per heavy atom. The van der Waals surface area contributed by atoms with Gasteiger partial charge in [-0.15, -0.1) is 0 Å². The van der Waals surface area contributed by atoms with Crippen LogP contribution in [0.1, 0.15) is 54.9 Å². The van der Waals surface area contributed by atoms with E-state index in [4.69, 9.17) is 4.74 Å². The molecule has 1 N–H and O–H groups in total. The summed E-state index contributed by atoms with van der Waals surface area (Å²) in [5.74, 6) is 0.382. The molecule has 0 saturated heterocycles. The fourth-order valence-electron chi connectivity index (χ4n) is 1.37. The molecule has 0 saturated carbocycles. The molecule has 0 aromatic rings. The van der Waals surface area contributed by atoms with Gasteiger partial charge in [-0.3, -0.25) is 4.79 Å². The summed E-state index contributed by atoms with van der Waals surface area (Å²) in [6.45, 7) is 13.9. The predicted molar refractivity (Wildman–Crippen MR) is 67.4 cm³/mol. The van der Waals surface area contributed by atoms with Crippen molar-refractivity contribution in [1.29, 1.82) is 0 Å². The molecule has 0 radical (unpaired) electrons. The van der Waals surface area contributed by atoms with E-state index in [0.29, 0.717) is 12.0 Å². The van der Waals surface area contributed by atoms with E-state index < -0.39 is 5.60 Å². The van der Waals surface area contributed by atoms with Gasteiger partial charge in [0.15, 0.2) is 0 Å². The van der Waals surface area contributed by atoms with Crippen LogP contribution in [-0.4, -0.2) is 23.7 Å². The molecule has 3 nitrogen and oxygen atoms in total. The maximum Gasteiger partial charge on any atom is 0.323 e. The molecule has 2 unspecified atom stereocenters. The molecule has 0 aromatic heterocycles. The van der Waals surface area contributed by atoms with E-state index in [1.807, 2.05) is 27.7 Å². The lowest BCUT2D eigenvalue weighted by molar-refractivity contribution is -0.157. The van der Waals surface area contributed by atoms with E-state index in [0.717, 1.165) is 6.42 Å². The van der Waals surface area contributed by atoms with Gasteiger partial charge in [0.1, 0.15) is 11.6 Å². The van der Waals surface area contributed by atoms with Crippen LogP contribution in [0, 0.1) is 5.92 Å². The molecule has 0 heterocycles. The summed E-state index contributed by atoms with van der Waals surface area (Å²) < 4.78 is 5.31. The zero-order valence-electron chi connectivity index (χ0n) is 11.8. The van der Waals surface area contributed by atoms with E-state index in [1.54, 1.807) is 0 Å². The lowest BCUT2D eigenvalue weighted by atomic mass is 10.0. The first kappa shape index (κ1) is 15.4. The lowest BCUT2D eigenvalue weighted by Gasteiger charge is -2.26. The summed E-state index contributed by atoms with van der Waals surface area (Å²) in [7, 11) is 0. The highest BCUT2D eigenvalue weighted by Gasteiger charge is 2.23. The average Bonchev–Trinajstić information content (AvgIpc) is 2.13. The van der Waals surface area contributed by atoms with Crippen molar-refractivity contribution in [2.24, 2.45) is 5.92 Å². The van der Waals surface area contributed by atoms with E-state index >= 15 is 0 Å². The molecule has 0 spiro atoms. The van der Waals surface area contributed by atoms with Crippen LogP contribution >= 0.6 is 0 Å². The number of hydrogen-bond acceptors (Lipinski definition) is 3. The Bertz CT molecular complexity index is 220. The highest BCUT2D eigenvalue weighted by atomic mass is 16.6. The second kappa shape index (κ2) is 6.24. The molecule has 0 rings (SSSR count). The molecule has 3 atom stereocenters. The van der Waals surface area contributed by atoms with Gasteiger partial charge >= 0.3 is 5.97 Å². The molecule has 0 aliphatic heterocycles. The second-order valence-electron chi connectivity index (χ2n) is 5.60. The van der Waals surface area contributed by atoms with Crippen LogP contribution in [0.25, 0.3) is 0 Å². The molecule has 0 aromatic carbocycles. The molecular formula is C13H27NO2. The van der Waals surface area contributed by atoms with Crippen LogP contribution in [0.4, 0.5) is 0 Å². The van der Waals surface area contributed by atoms with Crippen molar-refractivity contribution in [2.45, 2.75) is 72.6 Å². The molecular weight excluding hydrogens is 202 g/mol. The summed E-state index contributed by atoms with van der Waals surface area (Å²) in [6.07, 6.45) is 1.11. The maximum absolute atomic E-state index is 11.7. The molecule has 3 heteroatoms. The smallest absolute Gasteiger partial charge is 0.323 e. The van der Waals surface area contributed by atoms with Gasteiger partial charge in [-0.05, 0) is 40.5 Å². The highest BCUT2D eigenvalue weighted by molar-refractivity contribution is 5.75. The van der Waals surface area contributed by atoms with Gasteiger partial charge in [0.25, 0.3) is 0 Å². The van der Waals surface area contributed by atoms with Crippen LogP contribution in [0.15, 0.2) is 0 Å². The Balaban J connectivity index is 4.15. The normalized spacial score (nSPS) is 17.7. The Labute approximate surface area is 99.9 Å². The Morgan fingerprint density at radius 3 is 2.12 bits per heavy atom. The van der Waals surface area contributed by atoms with Crippen molar-refractivity contribution in [3.8, 4) is 0 Å². The molecule has 0 amide bonds. The van der Waals surface area contributed by atoms with Crippen LogP contribution in [0.3, 0.4) is 0 Å². The number of rotatable bonds is 5. The molecule has 0 aliphatic carbocycles. The third-order valence-corrected chi connectivity index (χ3v) is 2.77. The fourth-order valence-corrected chi connectivity index (χ4v) is 1.37. The predicted octanol–water partition coefficient (Wildman–Crippen LogP) is 2.74. The van der Waals surface area contributed by atoms with Crippen molar-refractivity contribution < 1.29 is 9.53 Å². The molecule has 0 aliphatic rings. The van der Waals surface area contributed by atoms with Crippen molar-refractivity contribution >= 4 is 5.97 Å². The SMILES string of the molecule is CCC(C)C(C)N[C@@H](C)C(=O)OC(C)(C)C. The maximum atomic E-state index is 11.7. The number of carbonyl (C=O) groups is 1. The summed E-state index contributed by atoms with van der Waals surface area (Å²) in [4.78, 5) is 11.7. The first-order valence-electron chi connectivity index (χ1n) is 6.16. The number of nitrogens with one attached hydrogen (secondary N) is 1. The minimum Gasteiger partial charge on any atom is -0.459 e. The molecule has 96 valence electrons. The van der Waals surface area contributed by atoms with Gasteiger partial charge in [-0.25, -0.2) is 0 Å². The third-order valence-electron chi connectivity index (χ3n) is 2.77. The van der Waals surface area contributed by atoms with Crippen molar-refractivity contribution in [3.05, 3.63) is 0 Å². The van der Waals surface area contributed by atoms with Crippen molar-refractivity contribution in [3.63, 3.8) is 0 Å². The number of esters is 1. The molecule has 16 heavy (non-hydrogen) atoms. The Hall–Kier alpha value is -0.570. The standard InChI is InChI=1S/C13H27NO2/c1-8-9(2)10(3)14-11(4)12(15)16-13(5,6)7/h9-11,14H,8H2,1-7H3/t9?,10?,11-/m0/s1. The van der Waals surface area contributed by atoms with E-state index in [2.05, 4.69) is 26.1 Å². The third kappa shape index (κ3) is 6.11. The Morgan fingerprint density at radius 1 is 1.25 bits per heavy atom. The zero-order chi connectivity index (χ0) is 12.9. The van der Waals surface area contributed by atoms with E-state index in [1.165, 1.54) is 0 Å². The van der Waals surface area contributed by atoms with E-state index in [9.17, 15) is 4.79 Å². The number of carbonyl (C=O) groups excluding carboxylic acids is 1. The second-order valence-corrected chi connectivity index (χ2v) is 5.60.